The minimum absolute atomic E-state index is 0.182. The van der Waals surface area contributed by atoms with Gasteiger partial charge in [0.2, 0.25) is 6.17 Å². The summed E-state index contributed by atoms with van der Waals surface area (Å²) in [5.41, 5.74) is 3.45. The SMILES string of the molecule is CN1C(=O)C(NC(=S)Nc2cccc(Cl)c2Cl)N=C(c2ccccc2)c2cc(Cl)ccc21. The van der Waals surface area contributed by atoms with Crippen molar-refractivity contribution in [3.05, 3.63) is 92.9 Å². The first-order valence-electron chi connectivity index (χ1n) is 9.57. The first-order chi connectivity index (χ1) is 15.3. The monoisotopic (exact) mass is 502 g/mol. The van der Waals surface area contributed by atoms with Gasteiger partial charge in [0.1, 0.15) is 0 Å². The van der Waals surface area contributed by atoms with E-state index < -0.39 is 6.17 Å². The molecule has 4 rings (SSSR count). The number of carbonyl (C=O) groups excluding carboxylic acids is 1. The van der Waals surface area contributed by atoms with Crippen LogP contribution in [-0.2, 0) is 4.79 Å². The maximum Gasteiger partial charge on any atom is 0.272 e. The van der Waals surface area contributed by atoms with E-state index in [0.717, 1.165) is 11.1 Å². The van der Waals surface area contributed by atoms with E-state index >= 15 is 0 Å². The number of anilines is 2. The summed E-state index contributed by atoms with van der Waals surface area (Å²) in [7, 11) is 1.69. The number of benzodiazepines with no additional fused rings is 1. The quantitative estimate of drug-likeness (QED) is 0.445. The summed E-state index contributed by atoms with van der Waals surface area (Å²) >= 11 is 24.0. The Hall–Kier alpha value is -2.64. The molecule has 2 N–H and O–H groups in total. The van der Waals surface area contributed by atoms with Crippen LogP contribution in [0, 0.1) is 0 Å². The molecule has 0 aromatic heterocycles. The predicted molar refractivity (Wildman–Crippen MR) is 137 cm³/mol. The minimum Gasteiger partial charge on any atom is -0.333 e. The zero-order chi connectivity index (χ0) is 22.8. The maximum atomic E-state index is 13.3. The number of amides is 1. The van der Waals surface area contributed by atoms with Gasteiger partial charge < -0.3 is 15.5 Å². The number of aliphatic imine (C=N–C) groups is 1. The molecule has 0 fully saturated rings. The molecule has 1 amide bonds. The van der Waals surface area contributed by atoms with Crippen molar-refractivity contribution in [1.29, 1.82) is 0 Å². The lowest BCUT2D eigenvalue weighted by atomic mass is 10.0. The lowest BCUT2D eigenvalue weighted by molar-refractivity contribution is -0.119. The van der Waals surface area contributed by atoms with E-state index in [1.165, 1.54) is 4.90 Å². The van der Waals surface area contributed by atoms with Crippen LogP contribution >= 0.6 is 47.0 Å². The highest BCUT2D eigenvalue weighted by atomic mass is 35.5. The topological polar surface area (TPSA) is 56.7 Å². The molecule has 0 bridgehead atoms. The van der Waals surface area contributed by atoms with E-state index in [1.807, 2.05) is 30.3 Å². The summed E-state index contributed by atoms with van der Waals surface area (Å²) < 4.78 is 0. The Morgan fingerprint density at radius 1 is 1.03 bits per heavy atom. The van der Waals surface area contributed by atoms with E-state index in [2.05, 4.69) is 10.6 Å². The van der Waals surface area contributed by atoms with Crippen LogP contribution in [0.3, 0.4) is 0 Å². The fourth-order valence-corrected chi connectivity index (χ4v) is 4.09. The number of nitrogens with one attached hydrogen (secondary N) is 2. The molecule has 3 aromatic rings. The second-order valence-electron chi connectivity index (χ2n) is 7.00. The summed E-state index contributed by atoms with van der Waals surface area (Å²) in [6.45, 7) is 0. The van der Waals surface area contributed by atoms with Crippen LogP contribution in [0.2, 0.25) is 15.1 Å². The number of benzene rings is 3. The van der Waals surface area contributed by atoms with Crippen molar-refractivity contribution in [3.8, 4) is 0 Å². The third-order valence-electron chi connectivity index (χ3n) is 4.91. The molecular formula is C23H17Cl3N4OS. The summed E-state index contributed by atoms with van der Waals surface area (Å²) in [4.78, 5) is 19.6. The number of carbonyl (C=O) groups is 1. The molecule has 0 saturated carbocycles. The average molecular weight is 504 g/mol. The number of halogens is 3. The number of likely N-dealkylation sites (N-methyl/N-ethyl adjacent to an activating group) is 1. The van der Waals surface area contributed by atoms with Gasteiger partial charge in [-0.3, -0.25) is 4.79 Å². The Kier molecular flexibility index (Phi) is 6.67. The molecule has 1 atom stereocenters. The van der Waals surface area contributed by atoms with E-state index in [9.17, 15) is 4.79 Å². The van der Waals surface area contributed by atoms with Gasteiger partial charge in [-0.05, 0) is 42.5 Å². The molecule has 1 aliphatic heterocycles. The molecule has 0 saturated heterocycles. The highest BCUT2D eigenvalue weighted by Crippen LogP contribution is 2.31. The van der Waals surface area contributed by atoms with Gasteiger partial charge in [0, 0.05) is 23.2 Å². The fourth-order valence-electron chi connectivity index (χ4n) is 3.35. The Balaban J connectivity index is 1.72. The number of rotatable bonds is 3. The first-order valence-corrected chi connectivity index (χ1v) is 11.1. The summed E-state index contributed by atoms with van der Waals surface area (Å²) in [5.74, 6) is -0.277. The van der Waals surface area contributed by atoms with E-state index in [1.54, 1.807) is 43.4 Å². The van der Waals surface area contributed by atoms with Crippen molar-refractivity contribution in [2.75, 3.05) is 17.3 Å². The smallest absolute Gasteiger partial charge is 0.272 e. The predicted octanol–water partition coefficient (Wildman–Crippen LogP) is 5.77. The fraction of sp³-hybridized carbons (Fsp3) is 0.0870. The van der Waals surface area contributed by atoms with Gasteiger partial charge in [-0.25, -0.2) is 4.99 Å². The molecule has 0 radical (unpaired) electrons. The number of thiocarbonyl (C=S) groups is 1. The van der Waals surface area contributed by atoms with Crippen LogP contribution in [-0.4, -0.2) is 29.9 Å². The highest BCUT2D eigenvalue weighted by Gasteiger charge is 2.30. The van der Waals surface area contributed by atoms with Crippen molar-refractivity contribution >= 4 is 75.1 Å². The molecule has 3 aromatic carbocycles. The van der Waals surface area contributed by atoms with Gasteiger partial charge in [-0.15, -0.1) is 0 Å². The lowest BCUT2D eigenvalue weighted by Gasteiger charge is -2.22. The number of hydrogen-bond donors (Lipinski definition) is 2. The van der Waals surface area contributed by atoms with Crippen LogP contribution < -0.4 is 15.5 Å². The van der Waals surface area contributed by atoms with Gasteiger partial charge in [0.05, 0.1) is 27.1 Å². The Bertz CT molecular complexity index is 1230. The Morgan fingerprint density at radius 2 is 1.78 bits per heavy atom. The largest absolute Gasteiger partial charge is 0.333 e. The third kappa shape index (κ3) is 4.59. The second-order valence-corrected chi connectivity index (χ2v) is 8.63. The zero-order valence-corrected chi connectivity index (χ0v) is 19.9. The number of hydrogen-bond acceptors (Lipinski definition) is 3. The summed E-state index contributed by atoms with van der Waals surface area (Å²) in [6, 6.07) is 20.1. The molecular weight excluding hydrogens is 487 g/mol. The average Bonchev–Trinajstić information content (AvgIpc) is 2.88. The second kappa shape index (κ2) is 9.46. The molecule has 1 aliphatic rings. The molecule has 1 unspecified atom stereocenters. The van der Waals surface area contributed by atoms with Crippen molar-refractivity contribution < 1.29 is 4.79 Å². The molecule has 0 spiro atoms. The molecule has 0 aliphatic carbocycles. The Morgan fingerprint density at radius 3 is 2.53 bits per heavy atom. The van der Waals surface area contributed by atoms with E-state index in [-0.39, 0.29) is 11.0 Å². The van der Waals surface area contributed by atoms with Crippen LogP contribution in [0.25, 0.3) is 0 Å². The highest BCUT2D eigenvalue weighted by molar-refractivity contribution is 7.80. The molecule has 5 nitrogen and oxygen atoms in total. The van der Waals surface area contributed by atoms with Crippen LogP contribution in [0.4, 0.5) is 11.4 Å². The van der Waals surface area contributed by atoms with E-state index in [4.69, 9.17) is 52.0 Å². The summed E-state index contributed by atoms with van der Waals surface area (Å²) in [5, 5.41) is 7.42. The zero-order valence-electron chi connectivity index (χ0n) is 16.8. The first kappa shape index (κ1) is 22.6. The van der Waals surface area contributed by atoms with Crippen molar-refractivity contribution in [2.24, 2.45) is 4.99 Å². The van der Waals surface area contributed by atoms with Gasteiger partial charge in [0.25, 0.3) is 5.91 Å². The molecule has 1 heterocycles. The number of fused-ring (bicyclic) bond motifs is 1. The lowest BCUT2D eigenvalue weighted by Crippen LogP contribution is -2.47. The standard InChI is InChI=1S/C23H17Cl3N4OS/c1-30-18-11-10-14(24)12-15(18)20(13-6-3-2-4-7-13)28-21(22(30)31)29-23(32)27-17-9-5-8-16(25)19(17)26/h2-12,21H,1H3,(H2,27,29,32). The van der Waals surface area contributed by atoms with Gasteiger partial charge >= 0.3 is 0 Å². The third-order valence-corrected chi connectivity index (χ3v) is 6.19. The van der Waals surface area contributed by atoms with Crippen LogP contribution in [0.1, 0.15) is 11.1 Å². The Labute approximate surface area is 206 Å². The summed E-state index contributed by atoms with van der Waals surface area (Å²) in [6.07, 6.45) is -0.973. The van der Waals surface area contributed by atoms with Crippen LogP contribution in [0.5, 0.6) is 0 Å². The van der Waals surface area contributed by atoms with Crippen LogP contribution in [0.15, 0.2) is 71.7 Å². The van der Waals surface area contributed by atoms with Gasteiger partial charge in [-0.2, -0.15) is 0 Å². The normalized spacial score (nSPS) is 15.5. The van der Waals surface area contributed by atoms with Crippen molar-refractivity contribution in [1.82, 2.24) is 5.32 Å². The number of nitrogens with zero attached hydrogens (tertiary/aromatic N) is 2. The molecule has 9 heteroatoms. The van der Waals surface area contributed by atoms with Gasteiger partial charge in [-0.1, -0.05) is 71.2 Å². The van der Waals surface area contributed by atoms with Gasteiger partial charge in [0.15, 0.2) is 5.11 Å². The van der Waals surface area contributed by atoms with E-state index in [0.29, 0.717) is 32.2 Å². The maximum absolute atomic E-state index is 13.3. The minimum atomic E-state index is -0.973. The molecule has 32 heavy (non-hydrogen) atoms. The molecule has 162 valence electrons. The van der Waals surface area contributed by atoms with Crippen molar-refractivity contribution in [3.63, 3.8) is 0 Å². The van der Waals surface area contributed by atoms with Crippen molar-refractivity contribution in [2.45, 2.75) is 6.17 Å².